The fourth-order valence-electron chi connectivity index (χ4n) is 5.91. The van der Waals surface area contributed by atoms with Gasteiger partial charge < -0.3 is 20.5 Å². The summed E-state index contributed by atoms with van der Waals surface area (Å²) >= 11 is 0. The summed E-state index contributed by atoms with van der Waals surface area (Å²) in [5.41, 5.74) is 7.23. The number of methoxy groups -OCH3 is 2. The van der Waals surface area contributed by atoms with Crippen molar-refractivity contribution >= 4 is 39.7 Å². The SMILES string of the molecule is CCCN1C(=O)c2ccccc2C1=O.CCCOS(=O)(=O)c1ccc(C)cc1.COCCCN.COCCCNC(=O)C1CCC(CN2C(=O)C=CC2=O)CC1. The molecule has 1 fully saturated rings. The molecule has 1 aliphatic carbocycles. The molecular formula is C41H60N4O10S. The van der Waals surface area contributed by atoms with Crippen LogP contribution in [0.1, 0.15) is 91.5 Å². The molecule has 2 aliphatic heterocycles. The molecule has 5 rings (SSSR count). The van der Waals surface area contributed by atoms with Crippen LogP contribution in [0.5, 0.6) is 0 Å². The normalized spacial score (nSPS) is 17.3. The van der Waals surface area contributed by atoms with E-state index in [0.717, 1.165) is 63.7 Å². The number of fused-ring (bicyclic) bond motifs is 1. The summed E-state index contributed by atoms with van der Waals surface area (Å²) in [6, 6.07) is 13.6. The van der Waals surface area contributed by atoms with E-state index in [1.807, 2.05) is 20.8 Å². The number of nitrogens with one attached hydrogen (secondary N) is 1. The average molecular weight is 801 g/mol. The lowest BCUT2D eigenvalue weighted by Crippen LogP contribution is -2.38. The molecule has 2 aromatic rings. The zero-order chi connectivity index (χ0) is 41.5. The maximum Gasteiger partial charge on any atom is 0.296 e. The van der Waals surface area contributed by atoms with E-state index in [1.165, 1.54) is 22.0 Å². The third-order valence-electron chi connectivity index (χ3n) is 9.01. The van der Waals surface area contributed by atoms with Crippen molar-refractivity contribution in [2.45, 2.75) is 77.0 Å². The highest BCUT2D eigenvalue weighted by Crippen LogP contribution is 2.30. The second-order valence-electron chi connectivity index (χ2n) is 13.5. The standard InChI is InChI=1S/C16H24N2O4.C11H11NO2.C10H14O3S.C4H11NO/c1-22-10-2-9-17-16(21)13-5-3-12(4-6-13)11-18-14(19)7-8-15(18)20;1-2-7-12-10(13)8-5-3-4-6-9(8)11(12)14;1-3-8-13-14(11,12)10-6-4-9(2)5-7-10;1-6-4-2-3-5/h7-8,12-13H,2-6,9-11H2,1H3,(H,17,21);3-6H,2,7H2,1H3;4-7H,3,8H2,1-2H3;2-5H2,1H3. The van der Waals surface area contributed by atoms with Crippen LogP contribution in [0.25, 0.3) is 0 Å². The van der Waals surface area contributed by atoms with Gasteiger partial charge in [0.05, 0.1) is 22.6 Å². The monoisotopic (exact) mass is 800 g/mol. The topological polar surface area (TPSA) is 192 Å². The Morgan fingerprint density at radius 1 is 0.786 bits per heavy atom. The van der Waals surface area contributed by atoms with Crippen LogP contribution >= 0.6 is 0 Å². The van der Waals surface area contributed by atoms with Gasteiger partial charge in [0.1, 0.15) is 0 Å². The van der Waals surface area contributed by atoms with Crippen LogP contribution < -0.4 is 11.1 Å². The second kappa shape index (κ2) is 25.8. The molecule has 0 bridgehead atoms. The van der Waals surface area contributed by atoms with Crippen LogP contribution in [0.2, 0.25) is 0 Å². The number of benzene rings is 2. The zero-order valence-electron chi connectivity index (χ0n) is 33.5. The lowest BCUT2D eigenvalue weighted by Gasteiger charge is -2.30. The number of aryl methyl sites for hydroxylation is 1. The van der Waals surface area contributed by atoms with Crippen LogP contribution in [0, 0.1) is 18.8 Å². The number of hydrogen-bond acceptors (Lipinski definition) is 11. The van der Waals surface area contributed by atoms with Crippen LogP contribution in [-0.4, -0.2) is 108 Å². The minimum absolute atomic E-state index is 0.0573. The average Bonchev–Trinajstić information content (AvgIpc) is 3.65. The van der Waals surface area contributed by atoms with Crippen LogP contribution in [0.4, 0.5) is 0 Å². The van der Waals surface area contributed by atoms with Gasteiger partial charge in [-0.1, -0.05) is 43.7 Å². The summed E-state index contributed by atoms with van der Waals surface area (Å²) in [5, 5.41) is 2.94. The third-order valence-corrected chi connectivity index (χ3v) is 10.3. The zero-order valence-corrected chi connectivity index (χ0v) is 34.3. The Morgan fingerprint density at radius 3 is 1.82 bits per heavy atom. The van der Waals surface area contributed by atoms with E-state index < -0.39 is 10.1 Å². The lowest BCUT2D eigenvalue weighted by molar-refractivity contribution is -0.138. The van der Waals surface area contributed by atoms with Gasteiger partial charge in [-0.25, -0.2) is 0 Å². The van der Waals surface area contributed by atoms with Crippen molar-refractivity contribution in [3.63, 3.8) is 0 Å². The van der Waals surface area contributed by atoms with Gasteiger partial charge in [-0.2, -0.15) is 8.42 Å². The summed E-state index contributed by atoms with van der Waals surface area (Å²) in [5.74, 6) is -0.275. The van der Waals surface area contributed by atoms with Crippen molar-refractivity contribution in [3.8, 4) is 0 Å². The molecule has 0 radical (unpaired) electrons. The van der Waals surface area contributed by atoms with Gasteiger partial charge in [0.2, 0.25) is 5.91 Å². The molecule has 0 spiro atoms. The summed E-state index contributed by atoms with van der Waals surface area (Å²) in [6.45, 7) is 9.76. The maximum absolute atomic E-state index is 12.0. The van der Waals surface area contributed by atoms with Gasteiger partial charge in [0.25, 0.3) is 33.7 Å². The summed E-state index contributed by atoms with van der Waals surface area (Å²) in [4.78, 5) is 61.4. The Kier molecular flexibility index (Phi) is 22.0. The highest BCUT2D eigenvalue weighted by molar-refractivity contribution is 7.86. The summed E-state index contributed by atoms with van der Waals surface area (Å²) in [7, 11) is -0.216. The number of nitrogens with two attached hydrogens (primary N) is 1. The predicted molar refractivity (Wildman–Crippen MR) is 213 cm³/mol. The first-order chi connectivity index (χ1) is 26.8. The van der Waals surface area contributed by atoms with Gasteiger partial charge in [-0.05, 0) is 95.0 Å². The Bertz CT molecular complexity index is 1630. The molecule has 3 aliphatic rings. The van der Waals surface area contributed by atoms with Crippen molar-refractivity contribution in [1.82, 2.24) is 15.1 Å². The van der Waals surface area contributed by atoms with Gasteiger partial charge in [0, 0.05) is 65.1 Å². The van der Waals surface area contributed by atoms with E-state index in [2.05, 4.69) is 5.32 Å². The van der Waals surface area contributed by atoms with Crippen molar-refractivity contribution < 1.29 is 46.0 Å². The molecule has 0 atom stereocenters. The number of carbonyl (C=O) groups excluding carboxylic acids is 5. The molecule has 3 N–H and O–H groups in total. The highest BCUT2D eigenvalue weighted by atomic mass is 32.2. The minimum Gasteiger partial charge on any atom is -0.385 e. The van der Waals surface area contributed by atoms with Crippen LogP contribution in [0.15, 0.2) is 65.6 Å². The Labute approximate surface area is 332 Å². The van der Waals surface area contributed by atoms with E-state index >= 15 is 0 Å². The molecule has 310 valence electrons. The Morgan fingerprint density at radius 2 is 1.34 bits per heavy atom. The van der Waals surface area contributed by atoms with E-state index in [9.17, 15) is 32.4 Å². The van der Waals surface area contributed by atoms with E-state index in [0.29, 0.717) is 49.7 Å². The quantitative estimate of drug-likeness (QED) is 0.136. The van der Waals surface area contributed by atoms with Gasteiger partial charge in [-0.15, -0.1) is 0 Å². The van der Waals surface area contributed by atoms with E-state index in [-0.39, 0.29) is 47.0 Å². The largest absolute Gasteiger partial charge is 0.385 e. The molecular weight excluding hydrogens is 741 g/mol. The van der Waals surface area contributed by atoms with E-state index in [4.69, 9.17) is 19.4 Å². The fourth-order valence-corrected chi connectivity index (χ4v) is 6.90. The molecule has 0 aromatic heterocycles. The molecule has 0 saturated heterocycles. The van der Waals surface area contributed by atoms with Crippen molar-refractivity contribution in [2.24, 2.45) is 17.6 Å². The molecule has 1 saturated carbocycles. The third kappa shape index (κ3) is 15.7. The van der Waals surface area contributed by atoms with Crippen molar-refractivity contribution in [3.05, 3.63) is 77.4 Å². The molecule has 5 amide bonds. The number of ether oxygens (including phenoxy) is 2. The molecule has 56 heavy (non-hydrogen) atoms. The second-order valence-corrected chi connectivity index (χ2v) is 15.1. The number of hydrogen-bond donors (Lipinski definition) is 2. The van der Waals surface area contributed by atoms with Crippen LogP contribution in [0.3, 0.4) is 0 Å². The first kappa shape index (κ1) is 47.9. The van der Waals surface area contributed by atoms with Crippen molar-refractivity contribution in [1.29, 1.82) is 0 Å². The van der Waals surface area contributed by atoms with Crippen molar-refractivity contribution in [2.75, 3.05) is 60.2 Å². The number of rotatable bonds is 16. The van der Waals surface area contributed by atoms with Gasteiger partial charge in [0.15, 0.2) is 0 Å². The first-order valence-electron chi connectivity index (χ1n) is 19.2. The molecule has 14 nitrogen and oxygen atoms in total. The Hall–Kier alpha value is -4.28. The number of amides is 5. The summed E-state index contributed by atoms with van der Waals surface area (Å²) < 4.78 is 37.4. The first-order valence-corrected chi connectivity index (χ1v) is 20.7. The van der Waals surface area contributed by atoms with Gasteiger partial charge >= 0.3 is 0 Å². The summed E-state index contributed by atoms with van der Waals surface area (Å²) in [6.07, 6.45) is 9.33. The number of nitrogens with zero attached hydrogens (tertiary/aromatic N) is 2. The molecule has 2 aromatic carbocycles. The Balaban J connectivity index is 0.000000279. The van der Waals surface area contributed by atoms with Gasteiger partial charge in [-0.3, -0.25) is 38.0 Å². The number of carbonyl (C=O) groups is 5. The lowest BCUT2D eigenvalue weighted by atomic mass is 9.81. The smallest absolute Gasteiger partial charge is 0.296 e. The predicted octanol–water partition coefficient (Wildman–Crippen LogP) is 4.66. The molecule has 0 unspecified atom stereocenters. The minimum atomic E-state index is -3.54. The van der Waals surface area contributed by atoms with Crippen LogP contribution in [-0.2, 0) is 38.2 Å². The molecule has 2 heterocycles. The van der Waals surface area contributed by atoms with E-state index in [1.54, 1.807) is 62.8 Å². The molecule has 15 heteroatoms. The fraction of sp³-hybridized carbons (Fsp3) is 0.537. The highest BCUT2D eigenvalue weighted by Gasteiger charge is 2.34. The number of imide groups is 2. The maximum atomic E-state index is 12.0.